The Morgan fingerprint density at radius 1 is 1.04 bits per heavy atom. The van der Waals surface area contributed by atoms with Crippen molar-refractivity contribution in [1.29, 1.82) is 0 Å². The van der Waals surface area contributed by atoms with Crippen LogP contribution in [0.1, 0.15) is 23.6 Å². The number of hydrogen-bond acceptors (Lipinski definition) is 9. The Morgan fingerprint density at radius 2 is 1.82 bits per heavy atom. The van der Waals surface area contributed by atoms with E-state index in [1.807, 2.05) is 42.5 Å². The molecule has 5 rings (SSSR count). The van der Waals surface area contributed by atoms with Gasteiger partial charge in [0.2, 0.25) is 5.88 Å². The molecule has 3 heterocycles. The monoisotopic (exact) mass is 650 g/mol. The third kappa shape index (κ3) is 7.24. The smallest absolute Gasteiger partial charge is 0.319 e. The molecule has 236 valence electrons. The van der Waals surface area contributed by atoms with Gasteiger partial charge in [-0.15, -0.1) is 0 Å². The van der Waals surface area contributed by atoms with Crippen molar-refractivity contribution in [3.05, 3.63) is 81.5 Å². The van der Waals surface area contributed by atoms with Gasteiger partial charge in [0.1, 0.15) is 5.75 Å². The first-order chi connectivity index (χ1) is 21.7. The van der Waals surface area contributed by atoms with Crippen molar-refractivity contribution < 1.29 is 24.1 Å². The van der Waals surface area contributed by atoms with Crippen LogP contribution >= 0.6 is 23.2 Å². The number of fused-ring (bicyclic) bond motifs is 1. The predicted octanol–water partition coefficient (Wildman–Crippen LogP) is 5.80. The number of nitrogens with one attached hydrogen (secondary N) is 1. The summed E-state index contributed by atoms with van der Waals surface area (Å²) in [5.41, 5.74) is 7.40. The molecule has 45 heavy (non-hydrogen) atoms. The summed E-state index contributed by atoms with van der Waals surface area (Å²) in [7, 11) is 4.56. The number of aliphatic hydroxyl groups is 1. The molecule has 0 radical (unpaired) electrons. The lowest BCUT2D eigenvalue weighted by atomic mass is 9.93. The van der Waals surface area contributed by atoms with Crippen LogP contribution < -0.4 is 14.8 Å². The van der Waals surface area contributed by atoms with Crippen LogP contribution in [0.3, 0.4) is 0 Å². The van der Waals surface area contributed by atoms with Gasteiger partial charge in [-0.25, -0.2) is 4.98 Å². The number of rotatable bonds is 11. The third-order valence-corrected chi connectivity index (χ3v) is 8.58. The third-order valence-electron chi connectivity index (χ3n) is 7.80. The van der Waals surface area contributed by atoms with E-state index in [9.17, 15) is 9.90 Å². The van der Waals surface area contributed by atoms with Gasteiger partial charge in [0.15, 0.2) is 0 Å². The highest BCUT2D eigenvalue weighted by Crippen LogP contribution is 2.43. The molecule has 0 bridgehead atoms. The fraction of sp³-hybridized carbons (Fsp3) is 0.324. The van der Waals surface area contributed by atoms with Gasteiger partial charge in [-0.1, -0.05) is 47.5 Å². The van der Waals surface area contributed by atoms with E-state index in [-0.39, 0.29) is 12.5 Å². The van der Waals surface area contributed by atoms with Crippen molar-refractivity contribution >= 4 is 29.2 Å². The SMILES string of the molecule is COC(=O)CNCc1ccc(-c2cccc(-c3ccnc(-c4cc5c(c(OC)c4)CN(C[C@H](C)O)CC5)c3Cl)c2Cl)nc1OC. The Hall–Kier alpha value is -3.73. The van der Waals surface area contributed by atoms with Gasteiger partial charge in [-0.05, 0) is 43.2 Å². The van der Waals surface area contributed by atoms with Crippen LogP contribution in [0.5, 0.6) is 11.6 Å². The van der Waals surface area contributed by atoms with E-state index in [0.717, 1.165) is 46.5 Å². The molecule has 1 aliphatic heterocycles. The molecule has 0 amide bonds. The molecule has 0 unspecified atom stereocenters. The van der Waals surface area contributed by atoms with Gasteiger partial charge in [-0.3, -0.25) is 14.7 Å². The number of benzene rings is 2. The van der Waals surface area contributed by atoms with Crippen LogP contribution in [0.25, 0.3) is 33.6 Å². The van der Waals surface area contributed by atoms with Crippen molar-refractivity contribution in [2.24, 2.45) is 0 Å². The number of nitrogens with zero attached hydrogens (tertiary/aromatic N) is 3. The number of carbonyl (C=O) groups excluding carboxylic acids is 1. The average Bonchev–Trinajstić information content (AvgIpc) is 3.04. The summed E-state index contributed by atoms with van der Waals surface area (Å²) in [5.74, 6) is 0.835. The molecule has 2 aromatic carbocycles. The van der Waals surface area contributed by atoms with E-state index in [2.05, 4.69) is 26.0 Å². The van der Waals surface area contributed by atoms with E-state index in [1.54, 1.807) is 27.3 Å². The normalized spacial score (nSPS) is 13.7. The Bertz CT molecular complexity index is 1680. The van der Waals surface area contributed by atoms with Crippen LogP contribution in [-0.2, 0) is 29.0 Å². The lowest BCUT2D eigenvalue weighted by molar-refractivity contribution is -0.139. The van der Waals surface area contributed by atoms with Gasteiger partial charge in [-0.2, -0.15) is 0 Å². The van der Waals surface area contributed by atoms with E-state index < -0.39 is 6.10 Å². The highest BCUT2D eigenvalue weighted by Gasteiger charge is 2.24. The Balaban J connectivity index is 1.47. The maximum Gasteiger partial charge on any atom is 0.319 e. The Labute approximate surface area is 273 Å². The Morgan fingerprint density at radius 3 is 2.56 bits per heavy atom. The summed E-state index contributed by atoms with van der Waals surface area (Å²) >= 11 is 14.1. The van der Waals surface area contributed by atoms with Crippen molar-refractivity contribution in [2.75, 3.05) is 41.0 Å². The molecule has 0 saturated carbocycles. The molecule has 0 saturated heterocycles. The van der Waals surface area contributed by atoms with Crippen molar-refractivity contribution in [3.63, 3.8) is 0 Å². The molecule has 9 nitrogen and oxygen atoms in total. The Kier molecular flexibility index (Phi) is 10.6. The van der Waals surface area contributed by atoms with Gasteiger partial charge in [0.05, 0.1) is 55.4 Å². The minimum absolute atomic E-state index is 0.0742. The largest absolute Gasteiger partial charge is 0.496 e. The first kappa shape index (κ1) is 32.7. The summed E-state index contributed by atoms with van der Waals surface area (Å²) in [6.45, 7) is 4.42. The molecule has 0 spiro atoms. The summed E-state index contributed by atoms with van der Waals surface area (Å²) in [4.78, 5) is 23.1. The highest BCUT2D eigenvalue weighted by molar-refractivity contribution is 6.39. The van der Waals surface area contributed by atoms with Gasteiger partial charge < -0.3 is 24.6 Å². The molecule has 1 atom stereocenters. The van der Waals surface area contributed by atoms with E-state index >= 15 is 0 Å². The molecular formula is C34H36Cl2N4O5. The lowest BCUT2D eigenvalue weighted by Crippen LogP contribution is -2.35. The zero-order chi connectivity index (χ0) is 32.1. The van der Waals surface area contributed by atoms with Gasteiger partial charge in [0, 0.05) is 65.8 Å². The molecule has 4 aromatic rings. The van der Waals surface area contributed by atoms with Crippen LogP contribution in [0.2, 0.25) is 10.0 Å². The summed E-state index contributed by atoms with van der Waals surface area (Å²) in [6.07, 6.45) is 2.16. The zero-order valence-corrected chi connectivity index (χ0v) is 27.2. The van der Waals surface area contributed by atoms with Crippen molar-refractivity contribution in [2.45, 2.75) is 32.5 Å². The molecule has 2 aromatic heterocycles. The highest BCUT2D eigenvalue weighted by atomic mass is 35.5. The molecule has 2 N–H and O–H groups in total. The fourth-order valence-corrected chi connectivity index (χ4v) is 6.28. The van der Waals surface area contributed by atoms with Crippen molar-refractivity contribution in [1.82, 2.24) is 20.2 Å². The molecule has 11 heteroatoms. The number of aromatic nitrogens is 2. The number of β-amino-alcohol motifs (C(OH)–C–C–N with tert-alkyl or cyclic N) is 1. The van der Waals surface area contributed by atoms with Crippen LogP contribution in [0.15, 0.2) is 54.7 Å². The first-order valence-electron chi connectivity index (χ1n) is 14.6. The maximum atomic E-state index is 11.5. The standard InChI is InChI=1S/C34H36Cl2N4O5/c1-20(41)18-40-13-11-21-14-23(15-29(43-2)27(21)19-40)33-32(36)25(10-12-38-33)24-6-5-7-26(31(24)35)28-9-8-22(34(39-28)45-4)16-37-17-30(42)44-3/h5-10,12,14-15,20,37,41H,11,13,16-19H2,1-4H3/t20-/m0/s1. The lowest BCUT2D eigenvalue weighted by Gasteiger charge is -2.31. The summed E-state index contributed by atoms with van der Waals surface area (Å²) < 4.78 is 16.0. The fourth-order valence-electron chi connectivity index (χ4n) is 5.63. The van der Waals surface area contributed by atoms with E-state index in [4.69, 9.17) is 37.7 Å². The topological polar surface area (TPSA) is 106 Å². The second-order valence-corrected chi connectivity index (χ2v) is 11.6. The van der Waals surface area contributed by atoms with Crippen LogP contribution in [-0.4, -0.2) is 73.0 Å². The van der Waals surface area contributed by atoms with E-state index in [0.29, 0.717) is 52.5 Å². The van der Waals surface area contributed by atoms with E-state index in [1.165, 1.54) is 12.7 Å². The minimum Gasteiger partial charge on any atom is -0.496 e. The number of ether oxygens (including phenoxy) is 3. The summed E-state index contributed by atoms with van der Waals surface area (Å²) in [5, 5.41) is 13.9. The van der Waals surface area contributed by atoms with Crippen LogP contribution in [0.4, 0.5) is 0 Å². The number of esters is 1. The maximum absolute atomic E-state index is 11.5. The molecule has 1 aliphatic rings. The van der Waals surface area contributed by atoms with Crippen LogP contribution in [0, 0.1) is 0 Å². The number of halogens is 2. The van der Waals surface area contributed by atoms with Gasteiger partial charge in [0.25, 0.3) is 0 Å². The quantitative estimate of drug-likeness (QED) is 0.195. The predicted molar refractivity (Wildman–Crippen MR) is 176 cm³/mol. The average molecular weight is 652 g/mol. The second kappa shape index (κ2) is 14.6. The molecule has 0 aliphatic carbocycles. The second-order valence-electron chi connectivity index (χ2n) is 10.9. The number of methoxy groups -OCH3 is 3. The zero-order valence-electron chi connectivity index (χ0n) is 25.7. The minimum atomic E-state index is -0.397. The number of carbonyl (C=O) groups is 1. The van der Waals surface area contributed by atoms with Crippen molar-refractivity contribution in [3.8, 4) is 45.3 Å². The number of hydrogen-bond donors (Lipinski definition) is 2. The molecule has 0 fully saturated rings. The summed E-state index contributed by atoms with van der Waals surface area (Å²) in [6, 6.07) is 15.4. The van der Waals surface area contributed by atoms with Gasteiger partial charge >= 0.3 is 5.97 Å². The number of aliphatic hydroxyl groups excluding tert-OH is 1. The molecular weight excluding hydrogens is 615 g/mol. The number of pyridine rings is 2. The first-order valence-corrected chi connectivity index (χ1v) is 15.3.